The quantitative estimate of drug-likeness (QED) is 0.444. The molecule has 0 aromatic heterocycles. The summed E-state index contributed by atoms with van der Waals surface area (Å²) in [5.41, 5.74) is 0. The van der Waals surface area contributed by atoms with Gasteiger partial charge in [0, 0.05) is 6.42 Å². The molecule has 8 heavy (non-hydrogen) atoms. The third kappa shape index (κ3) is 10.1. The van der Waals surface area contributed by atoms with Crippen molar-refractivity contribution in [2.45, 2.75) is 13.3 Å². The maximum absolute atomic E-state index is 10.2. The first-order valence-corrected chi connectivity index (χ1v) is 3.65. The summed E-state index contributed by atoms with van der Waals surface area (Å²) in [5, 5.41) is 0. The van der Waals surface area contributed by atoms with E-state index in [0.717, 1.165) is 12.2 Å². The van der Waals surface area contributed by atoms with Gasteiger partial charge in [-0.15, -0.1) is 0 Å². The Morgan fingerprint density at radius 1 is 1.75 bits per heavy atom. The van der Waals surface area contributed by atoms with E-state index in [1.807, 2.05) is 6.26 Å². The number of carbonyl (C=O) groups is 1. The summed E-state index contributed by atoms with van der Waals surface area (Å²) in [6, 6.07) is 0. The molecule has 0 N–H and O–H groups in total. The van der Waals surface area contributed by atoms with Crippen LogP contribution >= 0.6 is 11.8 Å². The third-order valence-corrected chi connectivity index (χ3v) is 1.27. The molecule has 0 heterocycles. The Hall–Kier alpha value is 1.02. The Bertz CT molecular complexity index is 70.0. The van der Waals surface area contributed by atoms with Gasteiger partial charge in [0.15, 0.2) is 0 Å². The summed E-state index contributed by atoms with van der Waals surface area (Å²) in [4.78, 5) is 10.2. The van der Waals surface area contributed by atoms with Crippen molar-refractivity contribution in [1.29, 1.82) is 0 Å². The van der Waals surface area contributed by atoms with E-state index in [0.29, 0.717) is 0 Å². The molecule has 0 amide bonds. The summed E-state index contributed by atoms with van der Waals surface area (Å²) in [6.45, 7) is 1.62. The maximum Gasteiger partial charge on any atom is 1.00 e. The maximum atomic E-state index is 10.2. The molecule has 0 aromatic rings. The average Bonchev–Trinajstić information content (AvgIpc) is 1.61. The fourth-order valence-corrected chi connectivity index (χ4v) is 0.737. The van der Waals surface area contributed by atoms with Crippen LogP contribution in [0, 0.1) is 0 Å². The Morgan fingerprint density at radius 3 is 2.38 bits per heavy atom. The van der Waals surface area contributed by atoms with Crippen LogP contribution in [0.25, 0.3) is 0 Å². The van der Waals surface area contributed by atoms with Gasteiger partial charge in [-0.1, -0.05) is 0 Å². The predicted molar refractivity (Wildman–Crippen MR) is 34.8 cm³/mol. The minimum atomic E-state index is 0. The minimum Gasteiger partial charge on any atom is -1.00 e. The Kier molecular flexibility index (Phi) is 11.8. The number of carbonyl (C=O) groups excluding carboxylic acids is 1. The molecule has 3 heteroatoms. The van der Waals surface area contributed by atoms with Crippen LogP contribution in [-0.4, -0.2) is 17.8 Å². The normalized spacial score (nSPS) is 7.75. The summed E-state index contributed by atoms with van der Waals surface area (Å²) in [6.07, 6.45) is 2.73. The van der Waals surface area contributed by atoms with Gasteiger partial charge in [0.25, 0.3) is 0 Å². The molecule has 0 bridgehead atoms. The van der Waals surface area contributed by atoms with E-state index in [9.17, 15) is 4.79 Å². The van der Waals surface area contributed by atoms with Crippen LogP contribution in [0.2, 0.25) is 0 Å². The van der Waals surface area contributed by atoms with Gasteiger partial charge in [-0.3, -0.25) is 4.79 Å². The van der Waals surface area contributed by atoms with E-state index in [1.165, 1.54) is 0 Å². The van der Waals surface area contributed by atoms with E-state index in [-0.39, 0.29) is 36.8 Å². The summed E-state index contributed by atoms with van der Waals surface area (Å²) < 4.78 is 0. The van der Waals surface area contributed by atoms with Crippen molar-refractivity contribution >= 4 is 17.5 Å². The van der Waals surface area contributed by atoms with Crippen molar-refractivity contribution in [3.63, 3.8) is 0 Å². The van der Waals surface area contributed by atoms with Crippen molar-refractivity contribution in [3.05, 3.63) is 0 Å². The van der Waals surface area contributed by atoms with E-state index in [1.54, 1.807) is 18.7 Å². The third-order valence-electron chi connectivity index (χ3n) is 0.658. The van der Waals surface area contributed by atoms with Crippen LogP contribution in [0.4, 0.5) is 0 Å². The van der Waals surface area contributed by atoms with Gasteiger partial charge >= 0.3 is 29.6 Å². The minimum absolute atomic E-state index is 0. The number of rotatable bonds is 3. The van der Waals surface area contributed by atoms with Gasteiger partial charge in [0.1, 0.15) is 5.78 Å². The van der Waals surface area contributed by atoms with Crippen molar-refractivity contribution < 1.29 is 35.8 Å². The SMILES string of the molecule is CSCCC(C)=O.[H-].[Na+]. The molecule has 1 nitrogen and oxygen atoms in total. The first-order valence-electron chi connectivity index (χ1n) is 2.25. The topological polar surface area (TPSA) is 17.1 Å². The molecule has 0 atom stereocenters. The first-order chi connectivity index (χ1) is 3.27. The zero-order chi connectivity index (χ0) is 5.70. The largest absolute Gasteiger partial charge is 1.00 e. The molecule has 0 aliphatic rings. The monoisotopic (exact) mass is 142 g/mol. The predicted octanol–water partition coefficient (Wildman–Crippen LogP) is -1.55. The zero-order valence-corrected chi connectivity index (χ0v) is 8.55. The number of thioether (sulfide) groups is 1. The second-order valence-electron chi connectivity index (χ2n) is 1.44. The van der Waals surface area contributed by atoms with Gasteiger partial charge in [-0.05, 0) is 18.9 Å². The molecule has 0 spiro atoms. The first kappa shape index (κ1) is 11.8. The fraction of sp³-hybridized carbons (Fsp3) is 0.800. The summed E-state index contributed by atoms with van der Waals surface area (Å²) in [5.74, 6) is 1.25. The smallest absolute Gasteiger partial charge is 1.00 e. The molecular formula is C5H11NaOS. The van der Waals surface area contributed by atoms with Gasteiger partial charge < -0.3 is 1.43 Å². The number of ketones is 1. The van der Waals surface area contributed by atoms with E-state index >= 15 is 0 Å². The van der Waals surface area contributed by atoms with Crippen molar-refractivity contribution in [2.24, 2.45) is 0 Å². The molecule has 0 unspecified atom stereocenters. The second-order valence-corrected chi connectivity index (χ2v) is 2.43. The summed E-state index contributed by atoms with van der Waals surface area (Å²) >= 11 is 1.71. The van der Waals surface area contributed by atoms with Crippen LogP contribution in [0.5, 0.6) is 0 Å². The van der Waals surface area contributed by atoms with Crippen molar-refractivity contribution in [2.75, 3.05) is 12.0 Å². The molecule has 0 radical (unpaired) electrons. The second kappa shape index (κ2) is 8.02. The molecule has 44 valence electrons. The van der Waals surface area contributed by atoms with Crippen molar-refractivity contribution in [1.82, 2.24) is 0 Å². The number of hydrogen-bond acceptors (Lipinski definition) is 2. The van der Waals surface area contributed by atoms with Gasteiger partial charge in [-0.2, -0.15) is 11.8 Å². The van der Waals surface area contributed by atoms with Gasteiger partial charge in [0.05, 0.1) is 0 Å². The van der Waals surface area contributed by atoms with Crippen LogP contribution in [0.3, 0.4) is 0 Å². The van der Waals surface area contributed by atoms with Crippen LogP contribution in [0.1, 0.15) is 14.8 Å². The van der Waals surface area contributed by atoms with Gasteiger partial charge in [0.2, 0.25) is 0 Å². The molecule has 0 saturated carbocycles. The van der Waals surface area contributed by atoms with Crippen LogP contribution < -0.4 is 29.6 Å². The molecule has 0 fully saturated rings. The molecule has 0 aliphatic carbocycles. The molecule has 0 saturated heterocycles. The molecule has 0 rings (SSSR count). The van der Waals surface area contributed by atoms with Crippen LogP contribution in [0.15, 0.2) is 0 Å². The molecular weight excluding hydrogens is 131 g/mol. The average molecular weight is 142 g/mol. The van der Waals surface area contributed by atoms with E-state index in [4.69, 9.17) is 0 Å². The molecule has 0 aromatic carbocycles. The Morgan fingerprint density at radius 2 is 2.25 bits per heavy atom. The van der Waals surface area contributed by atoms with Crippen LogP contribution in [-0.2, 0) is 4.79 Å². The Balaban J connectivity index is -0.000000180. The Labute approximate surface area is 78.4 Å². The standard InChI is InChI=1S/C5H10OS.Na.H/c1-5(6)3-4-7-2;;/h3-4H2,1-2H3;;/q;+1;-1. The zero-order valence-electron chi connectivity index (χ0n) is 6.73. The summed E-state index contributed by atoms with van der Waals surface area (Å²) in [7, 11) is 0. The van der Waals surface area contributed by atoms with E-state index < -0.39 is 0 Å². The number of Topliss-reactive ketones (excluding diaryl/α,β-unsaturated/α-hetero) is 1. The van der Waals surface area contributed by atoms with E-state index in [2.05, 4.69) is 0 Å². The van der Waals surface area contributed by atoms with Crippen molar-refractivity contribution in [3.8, 4) is 0 Å². The number of hydrogen-bond donors (Lipinski definition) is 0. The van der Waals surface area contributed by atoms with Gasteiger partial charge in [-0.25, -0.2) is 0 Å². The fourth-order valence-electron chi connectivity index (χ4n) is 0.246. The molecule has 0 aliphatic heterocycles.